The number of anilines is 1. The van der Waals surface area contributed by atoms with Crippen molar-refractivity contribution in [2.75, 3.05) is 92.6 Å². The molecule has 0 spiro atoms. The molecule has 10 nitrogen and oxygen atoms in total. The number of ether oxygens (including phenoxy) is 1. The Morgan fingerprint density at radius 3 is 2.35 bits per heavy atom. The Morgan fingerprint density at radius 2 is 1.68 bits per heavy atom. The fourth-order valence-corrected chi connectivity index (χ4v) is 6.41. The summed E-state index contributed by atoms with van der Waals surface area (Å²) >= 11 is 0. The molecule has 220 valence electrons. The van der Waals surface area contributed by atoms with Crippen LogP contribution in [0.25, 0.3) is 0 Å². The molecule has 0 aromatic heterocycles. The Kier molecular flexibility index (Phi) is 10.1. The maximum Gasteiger partial charge on any atom is 0.257 e. The minimum Gasteiger partial charge on any atom is -0.482 e. The predicted molar refractivity (Wildman–Crippen MR) is 158 cm³/mol. The molecule has 2 aliphatic rings. The van der Waals surface area contributed by atoms with Gasteiger partial charge in [-0.25, -0.2) is 12.7 Å². The van der Waals surface area contributed by atoms with Gasteiger partial charge in [0.1, 0.15) is 10.6 Å². The average Bonchev–Trinajstić information content (AvgIpc) is 2.94. The third-order valence-electron chi connectivity index (χ3n) is 7.84. The summed E-state index contributed by atoms with van der Waals surface area (Å²) in [4.78, 5) is 21.8. The van der Waals surface area contributed by atoms with E-state index in [9.17, 15) is 13.2 Å². The molecule has 1 atom stereocenters. The van der Waals surface area contributed by atoms with Crippen LogP contribution >= 0.6 is 0 Å². The number of rotatable bonds is 11. The predicted octanol–water partition coefficient (Wildman–Crippen LogP) is 1.17. The molecule has 0 unspecified atom stereocenters. The first kappa shape index (κ1) is 30.3. The second-order valence-electron chi connectivity index (χ2n) is 11.1. The van der Waals surface area contributed by atoms with Gasteiger partial charge in [-0.15, -0.1) is 0 Å². The number of nitrogens with one attached hydrogen (secondary N) is 1. The first-order chi connectivity index (χ1) is 19.1. The van der Waals surface area contributed by atoms with Crippen LogP contribution in [0.5, 0.6) is 5.75 Å². The number of benzene rings is 2. The summed E-state index contributed by atoms with van der Waals surface area (Å²) in [5.41, 5.74) is 3.39. The number of hydrogen-bond donors (Lipinski definition) is 1. The molecule has 2 aromatic rings. The van der Waals surface area contributed by atoms with Crippen molar-refractivity contribution in [3.63, 3.8) is 0 Å². The van der Waals surface area contributed by atoms with Crippen molar-refractivity contribution in [2.24, 2.45) is 0 Å². The molecule has 0 bridgehead atoms. The molecule has 1 N–H and O–H groups in total. The quantitative estimate of drug-likeness (QED) is 0.430. The monoisotopic (exact) mass is 572 g/mol. The number of carbonyl (C=O) groups is 1. The van der Waals surface area contributed by atoms with Crippen LogP contribution in [-0.2, 0) is 27.8 Å². The van der Waals surface area contributed by atoms with Gasteiger partial charge in [-0.3, -0.25) is 9.69 Å². The molecule has 0 saturated carbocycles. The normalized spacial score (nSPS) is 17.6. The van der Waals surface area contributed by atoms with Gasteiger partial charge in [0.05, 0.1) is 5.69 Å². The zero-order chi connectivity index (χ0) is 28.9. The van der Waals surface area contributed by atoms with Gasteiger partial charge in [0.2, 0.25) is 10.0 Å². The Labute approximate surface area is 239 Å². The molecular formula is C29H44N6O4S. The molecule has 2 heterocycles. The lowest BCUT2D eigenvalue weighted by Crippen LogP contribution is -2.49. The second-order valence-corrected chi connectivity index (χ2v) is 13.2. The van der Waals surface area contributed by atoms with E-state index in [4.69, 9.17) is 4.74 Å². The first-order valence-corrected chi connectivity index (χ1v) is 15.3. The van der Waals surface area contributed by atoms with Crippen LogP contribution in [0.1, 0.15) is 11.1 Å². The molecule has 1 amide bonds. The zero-order valence-electron chi connectivity index (χ0n) is 24.5. The molecule has 2 aliphatic heterocycles. The maximum absolute atomic E-state index is 13.4. The number of piperazine rings is 1. The topological polar surface area (TPSA) is 88.7 Å². The molecule has 0 aliphatic carbocycles. The van der Waals surface area contributed by atoms with Gasteiger partial charge in [0.15, 0.2) is 6.61 Å². The standard InChI is InChI=1S/C29H44N6O4S/c1-31(2)25(21-34-14-13-23-9-6-7-10-24(23)20-34)19-30-28(36)22-39-27-12-8-11-26(29(27)40(37,38)32(3)4)35-17-15-33(5)16-18-35/h6-12,25H,13-22H2,1-5H3,(H,30,36)/t25-/m1/s1. The number of hydrogen-bond acceptors (Lipinski definition) is 8. The summed E-state index contributed by atoms with van der Waals surface area (Å²) < 4.78 is 33.8. The molecule has 1 saturated heterocycles. The highest BCUT2D eigenvalue weighted by atomic mass is 32.2. The van der Waals surface area contributed by atoms with E-state index >= 15 is 0 Å². The van der Waals surface area contributed by atoms with Crippen LogP contribution < -0.4 is 15.0 Å². The summed E-state index contributed by atoms with van der Waals surface area (Å²) in [6.45, 7) is 6.04. The second kappa shape index (κ2) is 13.3. The summed E-state index contributed by atoms with van der Waals surface area (Å²) in [6, 6.07) is 13.9. The maximum atomic E-state index is 13.4. The van der Waals surface area contributed by atoms with Gasteiger partial charge in [-0.2, -0.15) is 0 Å². The van der Waals surface area contributed by atoms with E-state index in [0.29, 0.717) is 25.3 Å². The van der Waals surface area contributed by atoms with E-state index in [1.54, 1.807) is 12.1 Å². The molecule has 0 radical (unpaired) electrons. The summed E-state index contributed by atoms with van der Waals surface area (Å²) in [5.74, 6) is -0.0922. The van der Waals surface area contributed by atoms with Crippen LogP contribution in [0, 0.1) is 0 Å². The van der Waals surface area contributed by atoms with Gasteiger partial charge < -0.3 is 24.8 Å². The van der Waals surface area contributed by atoms with E-state index in [0.717, 1.165) is 39.1 Å². The zero-order valence-corrected chi connectivity index (χ0v) is 25.3. The summed E-state index contributed by atoms with van der Waals surface area (Å²) in [6.07, 6.45) is 1.03. The van der Waals surface area contributed by atoms with E-state index < -0.39 is 10.0 Å². The minimum atomic E-state index is -3.81. The van der Waals surface area contributed by atoms with E-state index in [2.05, 4.69) is 56.2 Å². The molecule has 4 rings (SSSR count). The largest absolute Gasteiger partial charge is 0.482 e. The number of amides is 1. The van der Waals surface area contributed by atoms with Crippen LogP contribution in [0.3, 0.4) is 0 Å². The van der Waals surface area contributed by atoms with Crippen molar-refractivity contribution < 1.29 is 17.9 Å². The molecule has 40 heavy (non-hydrogen) atoms. The third-order valence-corrected chi connectivity index (χ3v) is 9.73. The highest BCUT2D eigenvalue weighted by molar-refractivity contribution is 7.89. The number of carbonyl (C=O) groups excluding carboxylic acids is 1. The SMILES string of the molecule is CN1CCN(c2cccc(OCC(=O)NC[C@H](CN3CCc4ccccc4C3)N(C)C)c2S(=O)(=O)N(C)C)CC1. The molecule has 2 aromatic carbocycles. The number of nitrogens with zero attached hydrogens (tertiary/aromatic N) is 5. The Morgan fingerprint density at radius 1 is 0.975 bits per heavy atom. The molecule has 1 fully saturated rings. The smallest absolute Gasteiger partial charge is 0.257 e. The van der Waals surface area contributed by atoms with Crippen LogP contribution in [0.4, 0.5) is 5.69 Å². The van der Waals surface area contributed by atoms with E-state index in [-0.39, 0.29) is 29.2 Å². The lowest BCUT2D eigenvalue weighted by Gasteiger charge is -2.35. The van der Waals surface area contributed by atoms with Crippen molar-refractivity contribution in [2.45, 2.75) is 23.9 Å². The van der Waals surface area contributed by atoms with Gasteiger partial charge in [-0.1, -0.05) is 30.3 Å². The number of sulfonamides is 1. The average molecular weight is 573 g/mol. The Bertz CT molecular complexity index is 1260. The van der Waals surface area contributed by atoms with Crippen molar-refractivity contribution >= 4 is 21.6 Å². The van der Waals surface area contributed by atoms with Crippen LogP contribution in [0.15, 0.2) is 47.4 Å². The van der Waals surface area contributed by atoms with Crippen molar-refractivity contribution in [1.82, 2.24) is 24.3 Å². The van der Waals surface area contributed by atoms with E-state index in [1.807, 2.05) is 20.2 Å². The highest BCUT2D eigenvalue weighted by Gasteiger charge is 2.30. The van der Waals surface area contributed by atoms with Crippen LogP contribution in [0.2, 0.25) is 0 Å². The molecular weight excluding hydrogens is 528 g/mol. The third kappa shape index (κ3) is 7.32. The first-order valence-electron chi connectivity index (χ1n) is 13.9. The van der Waals surface area contributed by atoms with Gasteiger partial charge in [-0.05, 0) is 50.8 Å². The fourth-order valence-electron chi connectivity index (χ4n) is 5.20. The number of fused-ring (bicyclic) bond motifs is 1. The summed E-state index contributed by atoms with van der Waals surface area (Å²) in [5, 5.41) is 3.00. The fraction of sp³-hybridized carbons (Fsp3) is 0.552. The minimum absolute atomic E-state index is 0.105. The summed E-state index contributed by atoms with van der Waals surface area (Å²) in [7, 11) is 5.30. The van der Waals surface area contributed by atoms with Gasteiger partial charge in [0.25, 0.3) is 5.91 Å². The number of likely N-dealkylation sites (N-methyl/N-ethyl adjacent to an activating group) is 2. The molecule has 11 heteroatoms. The van der Waals surface area contributed by atoms with Gasteiger partial charge in [0, 0.05) is 72.5 Å². The van der Waals surface area contributed by atoms with E-state index in [1.165, 1.54) is 29.5 Å². The van der Waals surface area contributed by atoms with Crippen molar-refractivity contribution in [1.29, 1.82) is 0 Å². The van der Waals surface area contributed by atoms with Crippen LogP contribution in [-0.4, -0.2) is 127 Å². The Balaban J connectivity index is 1.39. The van der Waals surface area contributed by atoms with Gasteiger partial charge >= 0.3 is 0 Å². The lowest BCUT2D eigenvalue weighted by atomic mass is 9.99. The highest BCUT2D eigenvalue weighted by Crippen LogP contribution is 2.36. The van der Waals surface area contributed by atoms with Crippen molar-refractivity contribution in [3.8, 4) is 5.75 Å². The lowest BCUT2D eigenvalue weighted by molar-refractivity contribution is -0.123. The Hall–Kier alpha value is -2.70. The van der Waals surface area contributed by atoms with Crippen molar-refractivity contribution in [3.05, 3.63) is 53.6 Å².